The van der Waals surface area contributed by atoms with Crippen LogP contribution in [0, 0.1) is 0 Å². The summed E-state index contributed by atoms with van der Waals surface area (Å²) in [4.78, 5) is 12.3. The molecule has 4 nitrogen and oxygen atoms in total. The van der Waals surface area contributed by atoms with Crippen LogP contribution in [0.4, 0.5) is 14.5 Å². The topological polar surface area (TPSA) is 47.6 Å². The molecule has 0 aromatic heterocycles. The zero-order valence-corrected chi connectivity index (χ0v) is 14.4. The third kappa shape index (κ3) is 4.92. The molecular weight excluding hydrogens is 328 g/mol. The monoisotopic (exact) mass is 349 g/mol. The molecule has 0 spiro atoms. The van der Waals surface area contributed by atoms with Crippen LogP contribution in [-0.4, -0.2) is 19.6 Å². The van der Waals surface area contributed by atoms with Crippen molar-refractivity contribution in [1.82, 2.24) is 0 Å². The van der Waals surface area contributed by atoms with E-state index in [1.54, 1.807) is 0 Å². The summed E-state index contributed by atoms with van der Waals surface area (Å²) >= 11 is 0. The maximum atomic E-state index is 12.3. The lowest BCUT2D eigenvalue weighted by atomic mass is 9.98. The Balaban J connectivity index is 2.12. The molecule has 1 amide bonds. The second-order valence-electron chi connectivity index (χ2n) is 5.63. The van der Waals surface area contributed by atoms with E-state index in [2.05, 4.69) is 23.9 Å². The molecule has 25 heavy (non-hydrogen) atoms. The van der Waals surface area contributed by atoms with Gasteiger partial charge in [0, 0.05) is 11.3 Å². The number of methoxy groups -OCH3 is 1. The number of hydrogen-bond donors (Lipinski definition) is 1. The quantitative estimate of drug-likeness (QED) is 0.760. The molecule has 1 N–H and O–H groups in total. The third-order valence-corrected chi connectivity index (χ3v) is 3.99. The van der Waals surface area contributed by atoms with Crippen molar-refractivity contribution in [1.29, 1.82) is 0 Å². The summed E-state index contributed by atoms with van der Waals surface area (Å²) in [5.74, 6) is 0.0432. The van der Waals surface area contributed by atoms with Crippen LogP contribution in [0.2, 0.25) is 0 Å². The second kappa shape index (κ2) is 8.46. The zero-order valence-electron chi connectivity index (χ0n) is 14.4. The fourth-order valence-electron chi connectivity index (χ4n) is 2.34. The predicted octanol–water partition coefficient (Wildman–Crippen LogP) is 5.06. The van der Waals surface area contributed by atoms with E-state index >= 15 is 0 Å². The highest BCUT2D eigenvalue weighted by atomic mass is 19.3. The number of benzene rings is 2. The molecule has 0 bridgehead atoms. The van der Waals surface area contributed by atoms with E-state index in [0.717, 1.165) is 6.42 Å². The molecule has 2 aromatic rings. The lowest BCUT2D eigenvalue weighted by molar-refractivity contribution is -0.0512. The molecule has 0 saturated heterocycles. The number of anilines is 1. The van der Waals surface area contributed by atoms with Gasteiger partial charge in [-0.2, -0.15) is 8.78 Å². The minimum absolute atomic E-state index is 0.0695. The van der Waals surface area contributed by atoms with Crippen LogP contribution >= 0.6 is 0 Å². The van der Waals surface area contributed by atoms with Gasteiger partial charge < -0.3 is 14.8 Å². The average Bonchev–Trinajstić information content (AvgIpc) is 2.61. The molecule has 0 aliphatic heterocycles. The standard InChI is InChI=1S/C19H21F2NO3/c1-4-12(2)13-5-8-15(9-6-13)22-18(23)14-7-10-16(25-19(20)21)17(11-14)24-3/h5-12,19H,4H2,1-3H3,(H,22,23). The van der Waals surface area contributed by atoms with Crippen molar-refractivity contribution in [3.8, 4) is 11.5 Å². The van der Waals surface area contributed by atoms with Gasteiger partial charge in [0.2, 0.25) is 0 Å². The lowest BCUT2D eigenvalue weighted by Crippen LogP contribution is -2.12. The first-order valence-corrected chi connectivity index (χ1v) is 7.98. The molecule has 0 saturated carbocycles. The summed E-state index contributed by atoms with van der Waals surface area (Å²) in [6.07, 6.45) is 1.04. The van der Waals surface area contributed by atoms with Crippen LogP contribution in [0.25, 0.3) is 0 Å². The molecule has 0 radical (unpaired) electrons. The number of halogens is 2. The second-order valence-corrected chi connectivity index (χ2v) is 5.63. The largest absolute Gasteiger partial charge is 0.493 e. The van der Waals surface area contributed by atoms with Crippen LogP contribution in [0.5, 0.6) is 11.5 Å². The Morgan fingerprint density at radius 1 is 1.12 bits per heavy atom. The Hall–Kier alpha value is -2.63. The van der Waals surface area contributed by atoms with Gasteiger partial charge in [0.15, 0.2) is 11.5 Å². The number of rotatable bonds is 7. The summed E-state index contributed by atoms with van der Waals surface area (Å²) < 4.78 is 34.0. The Kier molecular flexibility index (Phi) is 6.33. The van der Waals surface area contributed by atoms with Crippen LogP contribution in [0.15, 0.2) is 42.5 Å². The molecular formula is C19H21F2NO3. The van der Waals surface area contributed by atoms with Crippen molar-refractivity contribution in [3.05, 3.63) is 53.6 Å². The van der Waals surface area contributed by atoms with Crippen LogP contribution < -0.4 is 14.8 Å². The summed E-state index contributed by atoms with van der Waals surface area (Å²) in [5, 5.41) is 2.77. The average molecular weight is 349 g/mol. The maximum absolute atomic E-state index is 12.3. The van der Waals surface area contributed by atoms with Gasteiger partial charge in [0.25, 0.3) is 5.91 Å². The fraction of sp³-hybridized carbons (Fsp3) is 0.316. The van der Waals surface area contributed by atoms with Crippen molar-refractivity contribution in [2.45, 2.75) is 32.8 Å². The maximum Gasteiger partial charge on any atom is 0.387 e. The van der Waals surface area contributed by atoms with Crippen molar-refractivity contribution < 1.29 is 23.0 Å². The minimum atomic E-state index is -2.96. The van der Waals surface area contributed by atoms with E-state index in [1.807, 2.05) is 24.3 Å². The number of carbonyl (C=O) groups excluding carboxylic acids is 1. The van der Waals surface area contributed by atoms with Crippen LogP contribution in [-0.2, 0) is 0 Å². The number of nitrogens with one attached hydrogen (secondary N) is 1. The van der Waals surface area contributed by atoms with Gasteiger partial charge in [-0.25, -0.2) is 0 Å². The van der Waals surface area contributed by atoms with Crippen LogP contribution in [0.1, 0.15) is 42.1 Å². The predicted molar refractivity (Wildman–Crippen MR) is 92.7 cm³/mol. The van der Waals surface area contributed by atoms with Gasteiger partial charge in [-0.15, -0.1) is 0 Å². The van der Waals surface area contributed by atoms with Gasteiger partial charge in [-0.1, -0.05) is 26.0 Å². The molecule has 134 valence electrons. The summed E-state index contributed by atoms with van der Waals surface area (Å²) in [6, 6.07) is 11.7. The Bertz CT molecular complexity index is 717. The fourth-order valence-corrected chi connectivity index (χ4v) is 2.34. The lowest BCUT2D eigenvalue weighted by Gasteiger charge is -2.12. The number of amides is 1. The van der Waals surface area contributed by atoms with E-state index in [1.165, 1.54) is 30.9 Å². The van der Waals surface area contributed by atoms with Crippen molar-refractivity contribution in [2.24, 2.45) is 0 Å². The van der Waals surface area contributed by atoms with Gasteiger partial charge in [-0.05, 0) is 48.2 Å². The first-order valence-electron chi connectivity index (χ1n) is 7.98. The molecule has 6 heteroatoms. The summed E-state index contributed by atoms with van der Waals surface area (Å²) in [5.41, 5.74) is 2.14. The van der Waals surface area contributed by atoms with Gasteiger partial charge in [-0.3, -0.25) is 4.79 Å². The highest BCUT2D eigenvalue weighted by Gasteiger charge is 2.14. The molecule has 2 aromatic carbocycles. The molecule has 1 atom stereocenters. The van der Waals surface area contributed by atoms with Gasteiger partial charge >= 0.3 is 6.61 Å². The van der Waals surface area contributed by atoms with Crippen LogP contribution in [0.3, 0.4) is 0 Å². The van der Waals surface area contributed by atoms with Crippen molar-refractivity contribution in [3.63, 3.8) is 0 Å². The first-order chi connectivity index (χ1) is 11.9. The van der Waals surface area contributed by atoms with Gasteiger partial charge in [0.05, 0.1) is 7.11 Å². The summed E-state index contributed by atoms with van der Waals surface area (Å²) in [6.45, 7) is 1.30. The number of hydrogen-bond acceptors (Lipinski definition) is 3. The highest BCUT2D eigenvalue weighted by molar-refractivity contribution is 6.04. The summed E-state index contributed by atoms with van der Waals surface area (Å²) in [7, 11) is 1.32. The Labute approximate surface area is 145 Å². The van der Waals surface area contributed by atoms with Crippen molar-refractivity contribution in [2.75, 3.05) is 12.4 Å². The Morgan fingerprint density at radius 3 is 2.36 bits per heavy atom. The van der Waals surface area contributed by atoms with E-state index in [9.17, 15) is 13.6 Å². The molecule has 0 fully saturated rings. The molecule has 0 aliphatic rings. The van der Waals surface area contributed by atoms with E-state index < -0.39 is 6.61 Å². The van der Waals surface area contributed by atoms with E-state index in [0.29, 0.717) is 11.6 Å². The smallest absolute Gasteiger partial charge is 0.387 e. The highest BCUT2D eigenvalue weighted by Crippen LogP contribution is 2.30. The van der Waals surface area contributed by atoms with E-state index in [-0.39, 0.29) is 23.0 Å². The van der Waals surface area contributed by atoms with E-state index in [4.69, 9.17) is 4.74 Å². The zero-order chi connectivity index (χ0) is 18.4. The number of alkyl halides is 2. The first kappa shape index (κ1) is 18.7. The molecule has 0 aliphatic carbocycles. The molecule has 0 heterocycles. The van der Waals surface area contributed by atoms with Gasteiger partial charge in [0.1, 0.15) is 0 Å². The number of carbonyl (C=O) groups is 1. The SMILES string of the molecule is CCC(C)c1ccc(NC(=O)c2ccc(OC(F)F)c(OC)c2)cc1. The third-order valence-electron chi connectivity index (χ3n) is 3.99. The van der Waals surface area contributed by atoms with Crippen molar-refractivity contribution >= 4 is 11.6 Å². The number of ether oxygens (including phenoxy) is 2. The normalized spacial score (nSPS) is 11.9. The minimum Gasteiger partial charge on any atom is -0.493 e. The molecule has 2 rings (SSSR count). The molecule has 1 unspecified atom stereocenters. The Morgan fingerprint density at radius 2 is 1.80 bits per heavy atom.